The van der Waals surface area contributed by atoms with Crippen molar-refractivity contribution in [2.45, 2.75) is 26.5 Å². The standard InChI is InChI=1S/C15H20O2S/c1-4-17-15(16)6-5-7-18-11-14-9-12(2)8-13(3)10-14/h5-6,8-10H,4,7,11H2,1-3H3/b6-5+. The van der Waals surface area contributed by atoms with Gasteiger partial charge in [0, 0.05) is 17.6 Å². The van der Waals surface area contributed by atoms with Gasteiger partial charge in [0.2, 0.25) is 0 Å². The molecule has 98 valence electrons. The molecule has 0 spiro atoms. The lowest BCUT2D eigenvalue weighted by atomic mass is 10.1. The third-order valence-corrected chi connectivity index (χ3v) is 3.27. The van der Waals surface area contributed by atoms with Gasteiger partial charge in [0.1, 0.15) is 0 Å². The normalized spacial score (nSPS) is 10.8. The van der Waals surface area contributed by atoms with E-state index in [-0.39, 0.29) is 5.97 Å². The average Bonchev–Trinajstić information content (AvgIpc) is 2.27. The first kappa shape index (κ1) is 14.8. The zero-order chi connectivity index (χ0) is 13.4. The SMILES string of the molecule is CCOC(=O)/C=C/CSCc1cc(C)cc(C)c1. The van der Waals surface area contributed by atoms with E-state index in [0.717, 1.165) is 11.5 Å². The van der Waals surface area contributed by atoms with Crippen LogP contribution in [-0.4, -0.2) is 18.3 Å². The maximum Gasteiger partial charge on any atom is 0.330 e. The molecule has 1 aromatic carbocycles. The predicted octanol–water partition coefficient (Wildman–Crippen LogP) is 3.66. The van der Waals surface area contributed by atoms with E-state index in [9.17, 15) is 4.79 Å². The molecular formula is C15H20O2S. The van der Waals surface area contributed by atoms with Crippen molar-refractivity contribution in [3.63, 3.8) is 0 Å². The molecule has 0 saturated heterocycles. The van der Waals surface area contributed by atoms with Crippen molar-refractivity contribution >= 4 is 17.7 Å². The lowest BCUT2D eigenvalue weighted by Gasteiger charge is -2.03. The van der Waals surface area contributed by atoms with E-state index in [0.29, 0.717) is 6.61 Å². The molecule has 0 aromatic heterocycles. The highest BCUT2D eigenvalue weighted by Crippen LogP contribution is 2.15. The van der Waals surface area contributed by atoms with Crippen LogP contribution in [-0.2, 0) is 15.3 Å². The molecule has 0 aliphatic rings. The lowest BCUT2D eigenvalue weighted by molar-refractivity contribution is -0.137. The molecule has 0 radical (unpaired) electrons. The summed E-state index contributed by atoms with van der Waals surface area (Å²) in [6, 6.07) is 6.58. The minimum absolute atomic E-state index is 0.260. The Balaban J connectivity index is 2.31. The quantitative estimate of drug-likeness (QED) is 0.445. The highest BCUT2D eigenvalue weighted by Gasteiger charge is 1.96. The monoisotopic (exact) mass is 264 g/mol. The largest absolute Gasteiger partial charge is 0.463 e. The topological polar surface area (TPSA) is 26.3 Å². The van der Waals surface area contributed by atoms with Crippen molar-refractivity contribution in [1.82, 2.24) is 0 Å². The fourth-order valence-electron chi connectivity index (χ4n) is 1.73. The molecule has 1 rings (SSSR count). The van der Waals surface area contributed by atoms with E-state index in [1.165, 1.54) is 22.8 Å². The fourth-order valence-corrected chi connectivity index (χ4v) is 2.48. The second-order valence-electron chi connectivity index (χ2n) is 4.17. The van der Waals surface area contributed by atoms with E-state index >= 15 is 0 Å². The number of esters is 1. The summed E-state index contributed by atoms with van der Waals surface area (Å²) in [5.41, 5.74) is 3.93. The molecule has 0 fully saturated rings. The lowest BCUT2D eigenvalue weighted by Crippen LogP contribution is -1.98. The number of hydrogen-bond donors (Lipinski definition) is 0. The van der Waals surface area contributed by atoms with Crippen LogP contribution in [0.25, 0.3) is 0 Å². The van der Waals surface area contributed by atoms with Crippen molar-refractivity contribution in [2.24, 2.45) is 0 Å². The summed E-state index contributed by atoms with van der Waals surface area (Å²) >= 11 is 1.79. The van der Waals surface area contributed by atoms with Gasteiger partial charge >= 0.3 is 5.97 Å². The number of hydrogen-bond acceptors (Lipinski definition) is 3. The summed E-state index contributed by atoms with van der Waals surface area (Å²) in [5.74, 6) is 1.53. The summed E-state index contributed by atoms with van der Waals surface area (Å²) < 4.78 is 4.80. The molecule has 18 heavy (non-hydrogen) atoms. The summed E-state index contributed by atoms with van der Waals surface area (Å²) in [6.45, 7) is 6.46. The maximum absolute atomic E-state index is 11.0. The third kappa shape index (κ3) is 5.92. The van der Waals surface area contributed by atoms with Crippen LogP contribution in [0.15, 0.2) is 30.4 Å². The molecule has 0 aliphatic heterocycles. The Morgan fingerprint density at radius 2 is 1.94 bits per heavy atom. The summed E-state index contributed by atoms with van der Waals surface area (Å²) in [6.07, 6.45) is 3.35. The number of benzene rings is 1. The van der Waals surface area contributed by atoms with E-state index in [2.05, 4.69) is 32.0 Å². The second kappa shape index (κ2) is 7.98. The van der Waals surface area contributed by atoms with Gasteiger partial charge in [-0.2, -0.15) is 11.8 Å². The van der Waals surface area contributed by atoms with Crippen LogP contribution in [0.1, 0.15) is 23.6 Å². The molecule has 0 heterocycles. The number of ether oxygens (including phenoxy) is 1. The highest BCUT2D eigenvalue weighted by atomic mass is 32.2. The van der Waals surface area contributed by atoms with E-state index < -0.39 is 0 Å². The van der Waals surface area contributed by atoms with Crippen molar-refractivity contribution in [3.8, 4) is 0 Å². The van der Waals surface area contributed by atoms with Gasteiger partial charge < -0.3 is 4.74 Å². The van der Waals surface area contributed by atoms with Gasteiger partial charge in [-0.1, -0.05) is 35.4 Å². The van der Waals surface area contributed by atoms with Gasteiger partial charge in [-0.3, -0.25) is 0 Å². The smallest absolute Gasteiger partial charge is 0.330 e. The van der Waals surface area contributed by atoms with E-state index in [1.54, 1.807) is 18.7 Å². The molecule has 0 bridgehead atoms. The Kier molecular flexibility index (Phi) is 6.58. The Morgan fingerprint density at radius 1 is 1.28 bits per heavy atom. The van der Waals surface area contributed by atoms with E-state index in [4.69, 9.17) is 4.74 Å². The van der Waals surface area contributed by atoms with Crippen LogP contribution in [0.2, 0.25) is 0 Å². The molecule has 3 heteroatoms. The van der Waals surface area contributed by atoms with Gasteiger partial charge in [0.05, 0.1) is 6.61 Å². The highest BCUT2D eigenvalue weighted by molar-refractivity contribution is 7.98. The van der Waals surface area contributed by atoms with Crippen LogP contribution < -0.4 is 0 Å². The number of rotatable bonds is 6. The van der Waals surface area contributed by atoms with Crippen LogP contribution in [0.4, 0.5) is 0 Å². The summed E-state index contributed by atoms with van der Waals surface area (Å²) in [7, 11) is 0. The minimum Gasteiger partial charge on any atom is -0.463 e. The van der Waals surface area contributed by atoms with Crippen molar-refractivity contribution in [1.29, 1.82) is 0 Å². The Morgan fingerprint density at radius 3 is 2.56 bits per heavy atom. The van der Waals surface area contributed by atoms with Crippen LogP contribution in [0.5, 0.6) is 0 Å². The molecule has 0 amide bonds. The molecule has 0 aliphatic carbocycles. The average molecular weight is 264 g/mol. The van der Waals surface area contributed by atoms with Gasteiger partial charge in [-0.05, 0) is 26.3 Å². The zero-order valence-corrected chi connectivity index (χ0v) is 12.0. The fraction of sp³-hybridized carbons (Fsp3) is 0.400. The number of carbonyl (C=O) groups is 1. The van der Waals surface area contributed by atoms with Gasteiger partial charge in [-0.25, -0.2) is 4.79 Å². The molecule has 0 N–H and O–H groups in total. The first-order valence-electron chi connectivity index (χ1n) is 6.10. The summed E-state index contributed by atoms with van der Waals surface area (Å²) in [5, 5.41) is 0. The maximum atomic E-state index is 11.0. The van der Waals surface area contributed by atoms with Crippen LogP contribution in [0.3, 0.4) is 0 Å². The first-order chi connectivity index (χ1) is 8.61. The Labute approximate surface area is 113 Å². The van der Waals surface area contributed by atoms with Gasteiger partial charge in [-0.15, -0.1) is 0 Å². The number of thioether (sulfide) groups is 1. The van der Waals surface area contributed by atoms with Crippen molar-refractivity contribution < 1.29 is 9.53 Å². The third-order valence-electron chi connectivity index (χ3n) is 2.30. The predicted molar refractivity (Wildman–Crippen MR) is 77.9 cm³/mol. The second-order valence-corrected chi connectivity index (χ2v) is 5.20. The molecule has 0 atom stereocenters. The zero-order valence-electron chi connectivity index (χ0n) is 11.2. The Hall–Kier alpha value is -1.22. The Bertz CT molecular complexity index is 404. The molecule has 2 nitrogen and oxygen atoms in total. The minimum atomic E-state index is -0.260. The van der Waals surface area contributed by atoms with Gasteiger partial charge in [0.25, 0.3) is 0 Å². The van der Waals surface area contributed by atoms with Crippen molar-refractivity contribution in [3.05, 3.63) is 47.0 Å². The number of carbonyl (C=O) groups excluding carboxylic acids is 1. The molecule has 0 saturated carbocycles. The van der Waals surface area contributed by atoms with E-state index in [1.807, 2.05) is 6.08 Å². The number of aryl methyl sites for hydroxylation is 2. The summed E-state index contributed by atoms with van der Waals surface area (Å²) in [4.78, 5) is 11.0. The van der Waals surface area contributed by atoms with Crippen LogP contribution in [0, 0.1) is 13.8 Å². The van der Waals surface area contributed by atoms with Crippen molar-refractivity contribution in [2.75, 3.05) is 12.4 Å². The molecule has 1 aromatic rings. The first-order valence-corrected chi connectivity index (χ1v) is 7.25. The van der Waals surface area contributed by atoms with Crippen LogP contribution >= 0.6 is 11.8 Å². The molecular weight excluding hydrogens is 244 g/mol. The van der Waals surface area contributed by atoms with Gasteiger partial charge in [0.15, 0.2) is 0 Å². The molecule has 0 unspecified atom stereocenters.